The number of fused-ring (bicyclic) bond motifs is 1. The Hall–Kier alpha value is -2.42. The first-order chi connectivity index (χ1) is 9.34. The number of anilines is 1. The zero-order chi connectivity index (χ0) is 13.1. The van der Waals surface area contributed by atoms with Crippen LogP contribution in [0.25, 0.3) is 10.8 Å². The Morgan fingerprint density at radius 1 is 0.947 bits per heavy atom. The van der Waals surface area contributed by atoms with Crippen LogP contribution in [0.3, 0.4) is 0 Å². The fourth-order valence-corrected chi connectivity index (χ4v) is 2.33. The molecule has 0 spiro atoms. The third-order valence-electron chi connectivity index (χ3n) is 3.23. The number of benzene rings is 2. The van der Waals surface area contributed by atoms with Crippen LogP contribution in [0.1, 0.15) is 18.5 Å². The lowest BCUT2D eigenvalue weighted by atomic mass is 10.00. The Bertz CT molecular complexity index is 674. The lowest BCUT2D eigenvalue weighted by Gasteiger charge is -2.17. The van der Waals surface area contributed by atoms with Crippen LogP contribution in [0.2, 0.25) is 0 Å². The van der Waals surface area contributed by atoms with E-state index in [1.54, 1.807) is 12.4 Å². The van der Waals surface area contributed by atoms with Gasteiger partial charge in [0, 0.05) is 6.04 Å². The van der Waals surface area contributed by atoms with Crippen molar-refractivity contribution in [2.24, 2.45) is 0 Å². The molecule has 3 aromatic rings. The molecule has 0 aliphatic carbocycles. The smallest absolute Gasteiger partial charge is 0.115 e. The Morgan fingerprint density at radius 3 is 2.53 bits per heavy atom. The molecule has 1 unspecified atom stereocenters. The van der Waals surface area contributed by atoms with Crippen molar-refractivity contribution in [1.29, 1.82) is 0 Å². The minimum absolute atomic E-state index is 0.206. The molecule has 0 saturated carbocycles. The first kappa shape index (κ1) is 11.7. The summed E-state index contributed by atoms with van der Waals surface area (Å²) in [5.74, 6) is 0. The van der Waals surface area contributed by atoms with Crippen LogP contribution in [0, 0.1) is 0 Å². The standard InChI is InChI=1S/C16H15N3/c1-12(19-14-9-17-11-18-10-14)15-8-4-6-13-5-2-3-7-16(13)15/h2-12,19H,1H3. The average Bonchev–Trinajstić information content (AvgIpc) is 2.47. The molecule has 3 heteroatoms. The molecule has 1 N–H and O–H groups in total. The summed E-state index contributed by atoms with van der Waals surface area (Å²) in [5.41, 5.74) is 2.21. The SMILES string of the molecule is CC(Nc1cncnc1)c1cccc2ccccc12. The third kappa shape index (κ3) is 2.40. The Balaban J connectivity index is 1.96. The highest BCUT2D eigenvalue weighted by Gasteiger charge is 2.08. The molecule has 0 aliphatic rings. The van der Waals surface area contributed by atoms with E-state index in [-0.39, 0.29) is 6.04 Å². The van der Waals surface area contributed by atoms with Gasteiger partial charge in [-0.1, -0.05) is 42.5 Å². The Labute approximate surface area is 112 Å². The van der Waals surface area contributed by atoms with Gasteiger partial charge in [0.15, 0.2) is 0 Å². The van der Waals surface area contributed by atoms with Crippen LogP contribution in [-0.2, 0) is 0 Å². The van der Waals surface area contributed by atoms with Gasteiger partial charge in [-0.3, -0.25) is 0 Å². The van der Waals surface area contributed by atoms with Crippen molar-refractivity contribution in [1.82, 2.24) is 9.97 Å². The maximum absolute atomic E-state index is 4.02. The van der Waals surface area contributed by atoms with Crippen LogP contribution in [0.4, 0.5) is 5.69 Å². The molecule has 2 aromatic carbocycles. The number of rotatable bonds is 3. The molecule has 1 atom stereocenters. The van der Waals surface area contributed by atoms with Crippen LogP contribution < -0.4 is 5.32 Å². The molecule has 0 amide bonds. The second-order valence-electron chi connectivity index (χ2n) is 4.56. The fraction of sp³-hybridized carbons (Fsp3) is 0.125. The van der Waals surface area contributed by atoms with Crippen LogP contribution in [-0.4, -0.2) is 9.97 Å². The maximum atomic E-state index is 4.02. The van der Waals surface area contributed by atoms with E-state index in [2.05, 4.69) is 64.7 Å². The molecular weight excluding hydrogens is 234 g/mol. The second kappa shape index (κ2) is 5.06. The molecular formula is C16H15N3. The van der Waals surface area contributed by atoms with Gasteiger partial charge in [-0.25, -0.2) is 9.97 Å². The van der Waals surface area contributed by atoms with E-state index in [4.69, 9.17) is 0 Å². The van der Waals surface area contributed by atoms with Crippen LogP contribution in [0.15, 0.2) is 61.2 Å². The van der Waals surface area contributed by atoms with Gasteiger partial charge in [0.25, 0.3) is 0 Å². The molecule has 19 heavy (non-hydrogen) atoms. The van der Waals surface area contributed by atoms with Gasteiger partial charge < -0.3 is 5.32 Å². The summed E-state index contributed by atoms with van der Waals surface area (Å²) in [7, 11) is 0. The monoisotopic (exact) mass is 249 g/mol. The molecule has 0 bridgehead atoms. The molecule has 0 aliphatic heterocycles. The van der Waals surface area contributed by atoms with Crippen molar-refractivity contribution in [2.45, 2.75) is 13.0 Å². The summed E-state index contributed by atoms with van der Waals surface area (Å²) in [6.07, 6.45) is 5.11. The molecule has 1 aromatic heterocycles. The predicted molar refractivity (Wildman–Crippen MR) is 78.0 cm³/mol. The summed E-state index contributed by atoms with van der Waals surface area (Å²) in [6, 6.07) is 15.0. The lowest BCUT2D eigenvalue weighted by molar-refractivity contribution is 0.889. The molecule has 0 saturated heterocycles. The number of nitrogens with zero attached hydrogens (tertiary/aromatic N) is 2. The van der Waals surface area contributed by atoms with Gasteiger partial charge >= 0.3 is 0 Å². The van der Waals surface area contributed by atoms with Crippen molar-refractivity contribution >= 4 is 16.5 Å². The predicted octanol–water partition coefficient (Wildman–Crippen LogP) is 3.80. The van der Waals surface area contributed by atoms with Gasteiger partial charge in [0.05, 0.1) is 18.1 Å². The molecule has 3 nitrogen and oxygen atoms in total. The first-order valence-electron chi connectivity index (χ1n) is 6.34. The van der Waals surface area contributed by atoms with Gasteiger partial charge in [0.2, 0.25) is 0 Å². The third-order valence-corrected chi connectivity index (χ3v) is 3.23. The van der Waals surface area contributed by atoms with Crippen LogP contribution in [0.5, 0.6) is 0 Å². The second-order valence-corrected chi connectivity index (χ2v) is 4.56. The Morgan fingerprint density at radius 2 is 1.68 bits per heavy atom. The number of aromatic nitrogens is 2. The molecule has 1 heterocycles. The maximum Gasteiger partial charge on any atom is 0.115 e. The molecule has 0 fully saturated rings. The van der Waals surface area contributed by atoms with Crippen molar-refractivity contribution < 1.29 is 0 Å². The topological polar surface area (TPSA) is 37.8 Å². The van der Waals surface area contributed by atoms with E-state index < -0.39 is 0 Å². The van der Waals surface area contributed by atoms with E-state index in [0.29, 0.717) is 0 Å². The van der Waals surface area contributed by atoms with E-state index in [9.17, 15) is 0 Å². The largest absolute Gasteiger partial charge is 0.376 e. The van der Waals surface area contributed by atoms with Gasteiger partial charge in [0.1, 0.15) is 6.33 Å². The average molecular weight is 249 g/mol. The highest BCUT2D eigenvalue weighted by atomic mass is 15.0. The molecule has 94 valence electrons. The number of hydrogen-bond donors (Lipinski definition) is 1. The Kier molecular flexibility index (Phi) is 3.11. The van der Waals surface area contributed by atoms with E-state index >= 15 is 0 Å². The minimum atomic E-state index is 0.206. The first-order valence-corrected chi connectivity index (χ1v) is 6.34. The normalized spacial score (nSPS) is 12.3. The summed E-state index contributed by atoms with van der Waals surface area (Å²) >= 11 is 0. The van der Waals surface area contributed by atoms with Gasteiger partial charge in [-0.15, -0.1) is 0 Å². The summed E-state index contributed by atoms with van der Waals surface area (Å²) < 4.78 is 0. The lowest BCUT2D eigenvalue weighted by Crippen LogP contribution is -2.07. The zero-order valence-corrected chi connectivity index (χ0v) is 10.7. The van der Waals surface area contributed by atoms with Crippen LogP contribution >= 0.6 is 0 Å². The quantitative estimate of drug-likeness (QED) is 0.767. The van der Waals surface area contributed by atoms with Crippen molar-refractivity contribution in [3.8, 4) is 0 Å². The number of nitrogens with one attached hydrogen (secondary N) is 1. The van der Waals surface area contributed by atoms with Crippen molar-refractivity contribution in [3.63, 3.8) is 0 Å². The van der Waals surface area contributed by atoms with E-state index in [1.807, 2.05) is 0 Å². The molecule has 3 rings (SSSR count). The van der Waals surface area contributed by atoms with Crippen molar-refractivity contribution in [2.75, 3.05) is 5.32 Å². The summed E-state index contributed by atoms with van der Waals surface area (Å²) in [5, 5.41) is 5.97. The van der Waals surface area contributed by atoms with E-state index in [1.165, 1.54) is 22.7 Å². The van der Waals surface area contributed by atoms with E-state index in [0.717, 1.165) is 5.69 Å². The zero-order valence-electron chi connectivity index (χ0n) is 10.7. The van der Waals surface area contributed by atoms with Gasteiger partial charge in [-0.2, -0.15) is 0 Å². The fourth-order valence-electron chi connectivity index (χ4n) is 2.33. The minimum Gasteiger partial charge on any atom is -0.376 e. The van der Waals surface area contributed by atoms with Crippen molar-refractivity contribution in [3.05, 3.63) is 66.7 Å². The van der Waals surface area contributed by atoms with Gasteiger partial charge in [-0.05, 0) is 23.3 Å². The highest BCUT2D eigenvalue weighted by Crippen LogP contribution is 2.26. The summed E-state index contributed by atoms with van der Waals surface area (Å²) in [4.78, 5) is 8.04. The molecule has 0 radical (unpaired) electrons. The highest BCUT2D eigenvalue weighted by molar-refractivity contribution is 5.86. The summed E-state index contributed by atoms with van der Waals surface area (Å²) in [6.45, 7) is 2.15. The number of hydrogen-bond acceptors (Lipinski definition) is 3.